The largest absolute Gasteiger partial charge is 0.481 e. The Kier molecular flexibility index (Phi) is 1.87. The summed E-state index contributed by atoms with van der Waals surface area (Å²) in [6.45, 7) is 0. The molecule has 1 heterocycles. The van der Waals surface area contributed by atoms with Gasteiger partial charge in [-0.3, -0.25) is 4.79 Å². The normalized spacial score (nSPS) is 41.7. The molecule has 2 aliphatic rings. The van der Waals surface area contributed by atoms with Crippen LogP contribution in [0.1, 0.15) is 19.3 Å². The molecule has 1 aliphatic heterocycles. The topological polar surface area (TPSA) is 71.4 Å². The van der Waals surface area contributed by atoms with Crippen LogP contribution in [0.3, 0.4) is 0 Å². The van der Waals surface area contributed by atoms with Gasteiger partial charge >= 0.3 is 5.97 Å². The third-order valence-electron chi connectivity index (χ3n) is 3.01. The van der Waals surface area contributed by atoms with Crippen molar-refractivity contribution in [3.63, 3.8) is 0 Å². The third kappa shape index (κ3) is 1.45. The van der Waals surface area contributed by atoms with Crippen LogP contribution < -0.4 is 0 Å². The lowest BCUT2D eigenvalue weighted by atomic mass is 10.1. The van der Waals surface area contributed by atoms with Crippen LogP contribution in [0, 0.1) is 11.8 Å². The van der Waals surface area contributed by atoms with Crippen molar-refractivity contribution in [3.8, 4) is 0 Å². The maximum Gasteiger partial charge on any atom is 0.306 e. The summed E-state index contributed by atoms with van der Waals surface area (Å²) in [4.78, 5) is 10.5. The fourth-order valence-corrected chi connectivity index (χ4v) is 4.44. The third-order valence-corrected chi connectivity index (χ3v) is 5.38. The second-order valence-electron chi connectivity index (χ2n) is 3.89. The molecular formula is C8H12O4S. The number of rotatable bonds is 2. The molecule has 2 rings (SSSR count). The predicted octanol–water partition coefficient (Wildman–Crippen LogP) is 0.284. The average molecular weight is 204 g/mol. The van der Waals surface area contributed by atoms with Crippen LogP contribution in [0.5, 0.6) is 0 Å². The Hall–Kier alpha value is -0.580. The zero-order valence-electron chi connectivity index (χ0n) is 7.14. The van der Waals surface area contributed by atoms with Crippen molar-refractivity contribution >= 4 is 15.8 Å². The van der Waals surface area contributed by atoms with Gasteiger partial charge in [0.25, 0.3) is 0 Å². The summed E-state index contributed by atoms with van der Waals surface area (Å²) in [6, 6.07) is 0. The molecule has 0 spiro atoms. The average Bonchev–Trinajstić information content (AvgIpc) is 2.71. The maximum atomic E-state index is 11.4. The van der Waals surface area contributed by atoms with Crippen LogP contribution in [-0.4, -0.2) is 30.5 Å². The highest BCUT2D eigenvalue weighted by molar-refractivity contribution is 7.92. The Bertz CT molecular complexity index is 332. The minimum absolute atomic E-state index is 0.0926. The molecule has 0 amide bonds. The number of carboxylic acids is 1. The van der Waals surface area contributed by atoms with E-state index in [0.717, 1.165) is 0 Å². The first kappa shape index (κ1) is 8.99. The van der Waals surface area contributed by atoms with Gasteiger partial charge in [0.2, 0.25) is 0 Å². The zero-order chi connectivity index (χ0) is 9.64. The lowest BCUT2D eigenvalue weighted by Gasteiger charge is -2.06. The smallest absolute Gasteiger partial charge is 0.306 e. The van der Waals surface area contributed by atoms with Gasteiger partial charge in [0.15, 0.2) is 9.84 Å². The van der Waals surface area contributed by atoms with Crippen molar-refractivity contribution in [2.24, 2.45) is 11.8 Å². The van der Waals surface area contributed by atoms with Crippen LogP contribution >= 0.6 is 0 Å². The SMILES string of the molecule is O=C(O)C1CC1C1CCCS1(=O)=O. The minimum atomic E-state index is -2.95. The van der Waals surface area contributed by atoms with Crippen molar-refractivity contribution in [1.29, 1.82) is 0 Å². The fraction of sp³-hybridized carbons (Fsp3) is 0.875. The molecule has 1 N–H and O–H groups in total. The van der Waals surface area contributed by atoms with E-state index in [1.54, 1.807) is 0 Å². The Morgan fingerprint density at radius 3 is 2.46 bits per heavy atom. The molecule has 0 aromatic heterocycles. The van der Waals surface area contributed by atoms with E-state index in [-0.39, 0.29) is 16.9 Å². The van der Waals surface area contributed by atoms with Crippen LogP contribution in [0.4, 0.5) is 0 Å². The highest BCUT2D eigenvalue weighted by Crippen LogP contribution is 2.47. The van der Waals surface area contributed by atoms with Crippen LogP contribution in [-0.2, 0) is 14.6 Å². The maximum absolute atomic E-state index is 11.4. The Morgan fingerprint density at radius 1 is 1.38 bits per heavy atom. The molecular weight excluding hydrogens is 192 g/mol. The van der Waals surface area contributed by atoms with E-state index < -0.39 is 21.7 Å². The number of aliphatic carboxylic acids is 1. The van der Waals surface area contributed by atoms with Crippen molar-refractivity contribution < 1.29 is 18.3 Å². The zero-order valence-corrected chi connectivity index (χ0v) is 7.96. The summed E-state index contributed by atoms with van der Waals surface area (Å²) in [5, 5.41) is 8.31. The second kappa shape index (κ2) is 2.70. The summed E-state index contributed by atoms with van der Waals surface area (Å²) >= 11 is 0. The number of carbonyl (C=O) groups is 1. The van der Waals surface area contributed by atoms with Gasteiger partial charge in [-0.15, -0.1) is 0 Å². The number of hydrogen-bond acceptors (Lipinski definition) is 3. The molecule has 1 saturated heterocycles. The summed E-state index contributed by atoms with van der Waals surface area (Å²) in [6.07, 6.45) is 1.92. The minimum Gasteiger partial charge on any atom is -0.481 e. The molecule has 1 saturated carbocycles. The molecule has 2 fully saturated rings. The van der Waals surface area contributed by atoms with Crippen LogP contribution in [0.15, 0.2) is 0 Å². The summed E-state index contributed by atoms with van der Waals surface area (Å²) in [5.74, 6) is -1.07. The predicted molar refractivity (Wildman–Crippen MR) is 46.0 cm³/mol. The van der Waals surface area contributed by atoms with E-state index in [4.69, 9.17) is 5.11 Å². The molecule has 1 aliphatic carbocycles. The van der Waals surface area contributed by atoms with Gasteiger partial charge in [-0.1, -0.05) is 0 Å². The molecule has 13 heavy (non-hydrogen) atoms. The number of hydrogen-bond donors (Lipinski definition) is 1. The monoisotopic (exact) mass is 204 g/mol. The second-order valence-corrected chi connectivity index (χ2v) is 6.23. The molecule has 3 unspecified atom stereocenters. The Labute approximate surface area is 76.9 Å². The van der Waals surface area contributed by atoms with Gasteiger partial charge in [0, 0.05) is 0 Å². The molecule has 5 heteroatoms. The molecule has 0 aromatic rings. The Balaban J connectivity index is 2.09. The standard InChI is InChI=1S/C8H12O4S/c9-8(10)6-4-5(6)7-2-1-3-13(7,11)12/h5-7H,1-4H2,(H,9,10). The Morgan fingerprint density at radius 2 is 2.08 bits per heavy atom. The van der Waals surface area contributed by atoms with E-state index in [2.05, 4.69) is 0 Å². The summed E-state index contributed by atoms with van der Waals surface area (Å²) in [7, 11) is -2.95. The molecule has 74 valence electrons. The lowest BCUT2D eigenvalue weighted by Crippen LogP contribution is -2.20. The van der Waals surface area contributed by atoms with Gasteiger partial charge in [-0.25, -0.2) is 8.42 Å². The highest BCUT2D eigenvalue weighted by Gasteiger charge is 2.53. The fourth-order valence-electron chi connectivity index (χ4n) is 2.21. The quantitative estimate of drug-likeness (QED) is 0.701. The van der Waals surface area contributed by atoms with E-state index in [0.29, 0.717) is 19.3 Å². The van der Waals surface area contributed by atoms with Crippen molar-refractivity contribution in [2.75, 3.05) is 5.75 Å². The van der Waals surface area contributed by atoms with Gasteiger partial charge in [-0.2, -0.15) is 0 Å². The molecule has 4 nitrogen and oxygen atoms in total. The summed E-state index contributed by atoms with van der Waals surface area (Å²) < 4.78 is 22.8. The number of sulfone groups is 1. The van der Waals surface area contributed by atoms with Crippen LogP contribution in [0.25, 0.3) is 0 Å². The number of carboxylic acid groups (broad SMARTS) is 1. The van der Waals surface area contributed by atoms with Gasteiger partial charge < -0.3 is 5.11 Å². The van der Waals surface area contributed by atoms with Gasteiger partial charge in [0.1, 0.15) is 0 Å². The van der Waals surface area contributed by atoms with Crippen molar-refractivity contribution in [2.45, 2.75) is 24.5 Å². The molecule has 3 atom stereocenters. The molecule has 0 bridgehead atoms. The first-order valence-electron chi connectivity index (χ1n) is 4.47. The first-order chi connectivity index (χ1) is 6.02. The lowest BCUT2D eigenvalue weighted by molar-refractivity contribution is -0.138. The van der Waals surface area contributed by atoms with E-state index in [1.807, 2.05) is 0 Å². The van der Waals surface area contributed by atoms with Gasteiger partial charge in [-0.05, 0) is 25.2 Å². The van der Waals surface area contributed by atoms with Crippen molar-refractivity contribution in [3.05, 3.63) is 0 Å². The molecule has 0 radical (unpaired) electrons. The van der Waals surface area contributed by atoms with Crippen molar-refractivity contribution in [1.82, 2.24) is 0 Å². The van der Waals surface area contributed by atoms with Crippen LogP contribution in [0.2, 0.25) is 0 Å². The highest BCUT2D eigenvalue weighted by atomic mass is 32.2. The van der Waals surface area contributed by atoms with E-state index in [1.165, 1.54) is 0 Å². The van der Waals surface area contributed by atoms with E-state index >= 15 is 0 Å². The van der Waals surface area contributed by atoms with E-state index in [9.17, 15) is 13.2 Å². The van der Waals surface area contributed by atoms with Gasteiger partial charge in [0.05, 0.1) is 16.9 Å². The summed E-state index contributed by atoms with van der Waals surface area (Å²) in [5.41, 5.74) is 0. The molecule has 0 aromatic carbocycles. The first-order valence-corrected chi connectivity index (χ1v) is 6.18.